The van der Waals surface area contributed by atoms with E-state index < -0.39 is 0 Å². The molecule has 0 bridgehead atoms. The van der Waals surface area contributed by atoms with Crippen LogP contribution in [0.4, 0.5) is 0 Å². The van der Waals surface area contributed by atoms with E-state index in [9.17, 15) is 0 Å². The van der Waals surface area contributed by atoms with Gasteiger partial charge in [0.1, 0.15) is 0 Å². The summed E-state index contributed by atoms with van der Waals surface area (Å²) in [7, 11) is 0. The predicted octanol–water partition coefficient (Wildman–Crippen LogP) is 2.45. The van der Waals surface area contributed by atoms with Crippen LogP contribution in [0.25, 0.3) is 5.57 Å². The molecule has 0 aliphatic carbocycles. The second-order valence-corrected chi connectivity index (χ2v) is 3.61. The van der Waals surface area contributed by atoms with E-state index in [-0.39, 0.29) is 0 Å². The lowest BCUT2D eigenvalue weighted by molar-refractivity contribution is 0.577. The third-order valence-corrected chi connectivity index (χ3v) is 2.50. The number of rotatable bonds is 1. The van der Waals surface area contributed by atoms with Crippen molar-refractivity contribution in [2.24, 2.45) is 0 Å². The molecule has 0 saturated carbocycles. The SMILES string of the molecule is CC1CC=C(c2ccccc2)CN1. The van der Waals surface area contributed by atoms with E-state index in [2.05, 4.69) is 48.6 Å². The van der Waals surface area contributed by atoms with Crippen LogP contribution in [-0.2, 0) is 0 Å². The maximum atomic E-state index is 3.46. The van der Waals surface area contributed by atoms with Gasteiger partial charge in [-0.25, -0.2) is 0 Å². The van der Waals surface area contributed by atoms with Crippen LogP contribution < -0.4 is 5.32 Å². The van der Waals surface area contributed by atoms with Gasteiger partial charge < -0.3 is 5.32 Å². The van der Waals surface area contributed by atoms with Gasteiger partial charge in [-0.3, -0.25) is 0 Å². The highest BCUT2D eigenvalue weighted by atomic mass is 14.9. The Morgan fingerprint density at radius 1 is 1.23 bits per heavy atom. The fourth-order valence-corrected chi connectivity index (χ4v) is 1.63. The first-order valence-electron chi connectivity index (χ1n) is 4.84. The summed E-state index contributed by atoms with van der Waals surface area (Å²) < 4.78 is 0. The Bertz CT molecular complexity index is 300. The molecule has 68 valence electrons. The van der Waals surface area contributed by atoms with Crippen LogP contribution >= 0.6 is 0 Å². The van der Waals surface area contributed by atoms with Crippen molar-refractivity contribution >= 4 is 5.57 Å². The lowest BCUT2D eigenvalue weighted by atomic mass is 10.00. The van der Waals surface area contributed by atoms with Gasteiger partial charge in [-0.15, -0.1) is 0 Å². The number of benzene rings is 1. The average molecular weight is 173 g/mol. The van der Waals surface area contributed by atoms with Gasteiger partial charge in [-0.05, 0) is 24.5 Å². The minimum atomic E-state index is 0.632. The van der Waals surface area contributed by atoms with Gasteiger partial charge >= 0.3 is 0 Å². The van der Waals surface area contributed by atoms with E-state index in [0.717, 1.165) is 13.0 Å². The topological polar surface area (TPSA) is 12.0 Å². The van der Waals surface area contributed by atoms with Crippen LogP contribution in [0.15, 0.2) is 36.4 Å². The maximum absolute atomic E-state index is 3.46. The fourth-order valence-electron chi connectivity index (χ4n) is 1.63. The Morgan fingerprint density at radius 3 is 2.62 bits per heavy atom. The molecule has 1 nitrogen and oxygen atoms in total. The third-order valence-electron chi connectivity index (χ3n) is 2.50. The molecule has 0 aromatic heterocycles. The van der Waals surface area contributed by atoms with E-state index in [1.807, 2.05) is 0 Å². The zero-order valence-electron chi connectivity index (χ0n) is 7.96. The quantitative estimate of drug-likeness (QED) is 0.688. The minimum Gasteiger partial charge on any atom is -0.310 e. The maximum Gasteiger partial charge on any atom is 0.0210 e. The molecule has 1 atom stereocenters. The molecule has 0 radical (unpaired) electrons. The Kier molecular flexibility index (Phi) is 2.46. The molecule has 0 saturated heterocycles. The van der Waals surface area contributed by atoms with E-state index in [0.29, 0.717) is 6.04 Å². The second kappa shape index (κ2) is 3.75. The zero-order chi connectivity index (χ0) is 9.10. The van der Waals surface area contributed by atoms with Crippen LogP contribution in [0.5, 0.6) is 0 Å². The smallest absolute Gasteiger partial charge is 0.0210 e. The van der Waals surface area contributed by atoms with Crippen LogP contribution in [0.2, 0.25) is 0 Å². The molecule has 1 heterocycles. The first kappa shape index (κ1) is 8.52. The van der Waals surface area contributed by atoms with Gasteiger partial charge in [0.15, 0.2) is 0 Å². The van der Waals surface area contributed by atoms with Crippen molar-refractivity contribution in [1.29, 1.82) is 0 Å². The molecule has 1 aliphatic heterocycles. The molecule has 2 rings (SSSR count). The molecule has 1 N–H and O–H groups in total. The molecule has 0 amide bonds. The molecule has 1 aliphatic rings. The first-order chi connectivity index (χ1) is 6.36. The third kappa shape index (κ3) is 1.99. The number of hydrogen-bond acceptors (Lipinski definition) is 1. The van der Waals surface area contributed by atoms with E-state index in [4.69, 9.17) is 0 Å². The minimum absolute atomic E-state index is 0.632. The van der Waals surface area contributed by atoms with Crippen LogP contribution in [0.1, 0.15) is 18.9 Å². The molecule has 13 heavy (non-hydrogen) atoms. The van der Waals surface area contributed by atoms with Crippen LogP contribution in [0, 0.1) is 0 Å². The zero-order valence-corrected chi connectivity index (χ0v) is 7.96. The summed E-state index contributed by atoms with van der Waals surface area (Å²) in [6.45, 7) is 3.23. The van der Waals surface area contributed by atoms with Crippen molar-refractivity contribution in [3.8, 4) is 0 Å². The Labute approximate surface area is 79.5 Å². The van der Waals surface area contributed by atoms with Crippen molar-refractivity contribution in [3.05, 3.63) is 42.0 Å². The Hall–Kier alpha value is -1.08. The summed E-state index contributed by atoms with van der Waals surface area (Å²) in [6.07, 6.45) is 3.49. The standard InChI is InChI=1S/C12H15N/c1-10-7-8-12(9-13-10)11-5-3-2-4-6-11/h2-6,8,10,13H,7,9H2,1H3. The highest BCUT2D eigenvalue weighted by Crippen LogP contribution is 2.17. The second-order valence-electron chi connectivity index (χ2n) is 3.61. The van der Waals surface area contributed by atoms with Crippen molar-refractivity contribution in [3.63, 3.8) is 0 Å². The molecular weight excluding hydrogens is 158 g/mol. The van der Waals surface area contributed by atoms with Gasteiger partial charge in [0.2, 0.25) is 0 Å². The summed E-state index contributed by atoms with van der Waals surface area (Å²) >= 11 is 0. The normalized spacial score (nSPS) is 22.5. The van der Waals surface area contributed by atoms with Crippen LogP contribution in [0.3, 0.4) is 0 Å². The average Bonchev–Trinajstić information content (AvgIpc) is 2.20. The Morgan fingerprint density at radius 2 is 2.00 bits per heavy atom. The molecule has 0 spiro atoms. The summed E-state index contributed by atoms with van der Waals surface area (Å²) in [6, 6.07) is 11.2. The van der Waals surface area contributed by atoms with Gasteiger partial charge in [-0.2, -0.15) is 0 Å². The molecular formula is C12H15N. The highest BCUT2D eigenvalue weighted by Gasteiger charge is 2.09. The van der Waals surface area contributed by atoms with Crippen molar-refractivity contribution in [1.82, 2.24) is 5.32 Å². The van der Waals surface area contributed by atoms with E-state index in [1.165, 1.54) is 11.1 Å². The van der Waals surface area contributed by atoms with Crippen molar-refractivity contribution < 1.29 is 0 Å². The van der Waals surface area contributed by atoms with E-state index >= 15 is 0 Å². The molecule has 0 fully saturated rings. The number of nitrogens with one attached hydrogen (secondary N) is 1. The largest absolute Gasteiger partial charge is 0.310 e. The van der Waals surface area contributed by atoms with Gasteiger partial charge in [0.05, 0.1) is 0 Å². The Balaban J connectivity index is 2.19. The highest BCUT2D eigenvalue weighted by molar-refractivity contribution is 5.67. The molecule has 1 heteroatoms. The summed E-state index contributed by atoms with van der Waals surface area (Å²) in [5.74, 6) is 0. The lowest BCUT2D eigenvalue weighted by Crippen LogP contribution is -2.30. The fraction of sp³-hybridized carbons (Fsp3) is 0.333. The summed E-state index contributed by atoms with van der Waals surface area (Å²) in [4.78, 5) is 0. The predicted molar refractivity (Wildman–Crippen MR) is 56.5 cm³/mol. The lowest BCUT2D eigenvalue weighted by Gasteiger charge is -2.20. The number of hydrogen-bond donors (Lipinski definition) is 1. The van der Waals surface area contributed by atoms with Gasteiger partial charge in [-0.1, -0.05) is 36.4 Å². The summed E-state index contributed by atoms with van der Waals surface area (Å²) in [5.41, 5.74) is 2.78. The monoisotopic (exact) mass is 173 g/mol. The van der Waals surface area contributed by atoms with Crippen molar-refractivity contribution in [2.45, 2.75) is 19.4 Å². The molecule has 1 aromatic carbocycles. The van der Waals surface area contributed by atoms with Crippen molar-refractivity contribution in [2.75, 3.05) is 6.54 Å². The van der Waals surface area contributed by atoms with Gasteiger partial charge in [0, 0.05) is 12.6 Å². The van der Waals surface area contributed by atoms with Crippen LogP contribution in [-0.4, -0.2) is 12.6 Å². The first-order valence-corrected chi connectivity index (χ1v) is 4.84. The van der Waals surface area contributed by atoms with Gasteiger partial charge in [0.25, 0.3) is 0 Å². The molecule has 1 aromatic rings. The molecule has 1 unspecified atom stereocenters. The summed E-state index contributed by atoms with van der Waals surface area (Å²) in [5, 5.41) is 3.46. The van der Waals surface area contributed by atoms with E-state index in [1.54, 1.807) is 0 Å².